The van der Waals surface area contributed by atoms with E-state index in [-0.39, 0.29) is 56.4 Å². The number of aliphatic hydroxyl groups is 2. The first kappa shape index (κ1) is 101. The molecule has 0 amide bonds. The largest absolute Gasteiger partial charge is 0.396 e. The Morgan fingerprint density at radius 2 is 0.697 bits per heavy atom. The number of hydrogen-bond acceptors (Lipinski definition) is 25. The number of H-pyrrole nitrogens is 1. The summed E-state index contributed by atoms with van der Waals surface area (Å²) in [4.78, 5) is 86.9. The van der Waals surface area contributed by atoms with Crippen molar-refractivity contribution in [2.75, 3.05) is 45.2 Å². The van der Waals surface area contributed by atoms with Crippen LogP contribution >= 0.6 is 10.7 Å². The van der Waals surface area contributed by atoms with E-state index in [9.17, 15) is 54.0 Å². The number of hydrogen-bond donors (Lipinski definition) is 3. The fourth-order valence-corrected chi connectivity index (χ4v) is 12.5. The second kappa shape index (κ2) is 47.5. The van der Waals surface area contributed by atoms with Crippen molar-refractivity contribution in [1.29, 1.82) is 0 Å². The first-order valence-electron chi connectivity index (χ1n) is 38.5. The van der Waals surface area contributed by atoms with Gasteiger partial charge in [-0.05, 0) is 74.9 Å². The summed E-state index contributed by atoms with van der Waals surface area (Å²) in [7, 11) is 16.0. The van der Waals surface area contributed by atoms with Crippen LogP contribution < -0.4 is 33.7 Å². The molecule has 12 heterocycles. The number of nitrogens with one attached hydrogen (secondary N) is 1. The summed E-state index contributed by atoms with van der Waals surface area (Å²) in [6.45, 7) is 16.0. The van der Waals surface area contributed by atoms with Gasteiger partial charge in [-0.25, -0.2) is 37.8 Å². The molecule has 0 unspecified atom stereocenters. The zero-order valence-electron chi connectivity index (χ0n) is 72.6. The number of halogens is 1. The quantitative estimate of drug-likeness (QED) is 0.0578. The molecule has 0 aromatic carbocycles. The summed E-state index contributed by atoms with van der Waals surface area (Å²) in [5.41, 5.74) is 12.7. The third kappa shape index (κ3) is 30.5. The van der Waals surface area contributed by atoms with Crippen LogP contribution in [0.3, 0.4) is 0 Å². The van der Waals surface area contributed by atoms with E-state index in [4.69, 9.17) is 11.6 Å². The first-order valence-corrected chi connectivity index (χ1v) is 44.2. The topological polar surface area (TPSA) is 465 Å². The highest BCUT2D eigenvalue weighted by atomic mass is 35.7. The molecule has 0 saturated carbocycles. The number of fused-ring (bicyclic) bond motifs is 3. The lowest BCUT2D eigenvalue weighted by Crippen LogP contribution is -2.40. The highest BCUT2D eigenvalue weighted by Gasteiger charge is 2.19. The normalized spacial score (nSPS) is 11.2. The van der Waals surface area contributed by atoms with Gasteiger partial charge in [0.25, 0.3) is 36.9 Å². The predicted molar refractivity (Wildman–Crippen MR) is 459 cm³/mol. The van der Waals surface area contributed by atoms with Gasteiger partial charge in [0.2, 0.25) is 9.05 Å². The standard InChI is InChI=1S/2C15H20N6O2.2C9H16N2O3S.2C8H14N2O.C7H8N4O2.C2H6.CH3ClO2S.CH4/c1-5-11-8-10(17-20(11)4)6-7-21-14(22)12-13(16-9-18(12)2)19(3)15(21)23;1-5-10-8-11(20(4)17-10)6-7-21-14(22)12-13(16-9-18(12)2)19(3)15(21)23;1-4-9-7-8(10-11(9)2)5-6-14-15(3,12)13;1-4-8-7-9(11(2)10-8)5-6-14-15(3,12)13;1-3-8-6-7(4-5-11)9-10(8)2;1-3-7-6-8(4-5-11)10(2)9-7;1-10-3-8-5-4(10)6(12)9-7(13)11(5)2;1-2;1-5(2,3)4;/h2*8-9H,5-7H2,1-4H3;2*7H,4-6H2,1-3H3;2*6,11H,3-5H2,1-2H3;3H,1-2H3,(H,9,12,13);1-2H3;1H3;1H4/i;;;;;;;1D;;. The molecule has 0 fully saturated rings. The Bertz CT molecular complexity index is 6030. The van der Waals surface area contributed by atoms with Crippen molar-refractivity contribution in [3.8, 4) is 0 Å². The summed E-state index contributed by atoms with van der Waals surface area (Å²) in [5.74, 6) is 0. The fourth-order valence-electron chi connectivity index (χ4n) is 11.7. The second-order valence-electron chi connectivity index (χ2n) is 26.8. The molecule has 0 saturated heterocycles. The molecular formula is C75H121ClN24O16S3. The molecule has 0 aliphatic heterocycles. The maximum Gasteiger partial charge on any atom is 0.332 e. The number of aromatic nitrogens is 24. The van der Waals surface area contributed by atoms with Gasteiger partial charge in [-0.15, -0.1) is 0 Å². The monoisotopic (exact) mass is 1750 g/mol. The van der Waals surface area contributed by atoms with Crippen LogP contribution in [0.25, 0.3) is 33.5 Å². The van der Waals surface area contributed by atoms with E-state index in [0.29, 0.717) is 92.0 Å². The number of imidazole rings is 3. The minimum Gasteiger partial charge on any atom is -0.396 e. The van der Waals surface area contributed by atoms with E-state index in [1.54, 1.807) is 89.6 Å². The van der Waals surface area contributed by atoms with E-state index >= 15 is 0 Å². The van der Waals surface area contributed by atoms with Crippen LogP contribution in [0.2, 0.25) is 0 Å². The zero-order valence-corrected chi connectivity index (χ0v) is 74.8. The predicted octanol–water partition coefficient (Wildman–Crippen LogP) is 2.79. The van der Waals surface area contributed by atoms with Gasteiger partial charge in [0.1, 0.15) is 0 Å². The molecule has 0 bridgehead atoms. The summed E-state index contributed by atoms with van der Waals surface area (Å²) in [6, 6.07) is 12.0. The van der Waals surface area contributed by atoms with E-state index in [1.807, 2.05) is 114 Å². The molecule has 44 heteroatoms. The first-order chi connectivity index (χ1) is 55.8. The van der Waals surface area contributed by atoms with Gasteiger partial charge in [-0.3, -0.25) is 78.7 Å². The van der Waals surface area contributed by atoms with Crippen LogP contribution in [0.1, 0.15) is 132 Å². The Hall–Kier alpha value is -10.3. The highest BCUT2D eigenvalue weighted by Crippen LogP contribution is 2.13. The average molecular weight is 1750 g/mol. The van der Waals surface area contributed by atoms with E-state index in [2.05, 4.69) is 90.3 Å². The fraction of sp³-hybridized carbons (Fsp3) is 0.560. The maximum absolute atomic E-state index is 12.6. The van der Waals surface area contributed by atoms with E-state index < -0.39 is 40.5 Å². The van der Waals surface area contributed by atoms with Gasteiger partial charge in [-0.2, -0.15) is 47.4 Å². The SMILES string of the molecule is C.CCc1cc(CCO)n(C)n1.CCc1cc(CCO)nn1C.CCc1cc(CCOS(C)(=O)=O)n(C)n1.CCc1cc(CCOS(C)(=O)=O)nn1C.CCc1cc(CCn2c(=O)c3c(ncn3C)n(C)c2=O)n(C)n1.CCc1cc(CCn2c(=O)c3c(ncn3C)n(C)c2=O)nn1C.CS(=O)(=O)Cl.Cn1cnc2c1c(=O)[nH]c(=O)n2C.[2H]CC. The number of aromatic amines is 1. The number of aryl methyl sites for hydroxylation is 20. The Labute approximate surface area is 699 Å². The van der Waals surface area contributed by atoms with Gasteiger partial charge in [0.05, 0.1) is 85.1 Å². The number of aliphatic hydroxyl groups excluding tert-OH is 2. The minimum absolute atomic E-state index is 0. The van der Waals surface area contributed by atoms with Gasteiger partial charge >= 0.3 is 17.1 Å². The van der Waals surface area contributed by atoms with Crippen LogP contribution in [0.5, 0.6) is 0 Å². The van der Waals surface area contributed by atoms with E-state index in [0.717, 1.165) is 120 Å². The molecule has 119 heavy (non-hydrogen) atoms. The van der Waals surface area contributed by atoms with Crippen molar-refractivity contribution in [3.05, 3.63) is 186 Å². The second-order valence-corrected chi connectivity index (χ2v) is 33.1. The molecule has 0 spiro atoms. The van der Waals surface area contributed by atoms with Crippen LogP contribution in [-0.4, -0.2) is 196 Å². The van der Waals surface area contributed by atoms with Crippen molar-refractivity contribution < 1.29 is 45.2 Å². The molecule has 0 atom stereocenters. The van der Waals surface area contributed by atoms with Gasteiger partial charge in [0.15, 0.2) is 33.5 Å². The summed E-state index contributed by atoms with van der Waals surface area (Å²) in [5, 5.41) is 43.1. The zero-order chi connectivity index (χ0) is 89.7. The summed E-state index contributed by atoms with van der Waals surface area (Å²) in [6.07, 6.45) is 16.6. The van der Waals surface area contributed by atoms with Crippen LogP contribution in [0.15, 0.2) is 84.1 Å². The molecule has 12 rings (SSSR count). The van der Waals surface area contributed by atoms with Crippen molar-refractivity contribution in [1.82, 2.24) is 115 Å². The van der Waals surface area contributed by atoms with Crippen LogP contribution in [0, 0.1) is 0 Å². The average Bonchev–Trinajstić information content (AvgIpc) is 1.58. The summed E-state index contributed by atoms with van der Waals surface area (Å²) < 4.78 is 99.6. The Morgan fingerprint density at radius 3 is 1.03 bits per heavy atom. The molecule has 0 aliphatic rings. The molecule has 12 aromatic heterocycles. The molecule has 0 radical (unpaired) electrons. The molecule has 0 aliphatic carbocycles. The molecule has 3 N–H and O–H groups in total. The third-order valence-electron chi connectivity index (χ3n) is 17.9. The smallest absolute Gasteiger partial charge is 0.332 e. The van der Waals surface area contributed by atoms with Gasteiger partial charge in [0, 0.05) is 196 Å². The molecule has 12 aromatic rings. The lowest BCUT2D eigenvalue weighted by atomic mass is 10.2. The number of rotatable bonds is 24. The van der Waals surface area contributed by atoms with E-state index in [1.165, 1.54) is 34.9 Å². The van der Waals surface area contributed by atoms with Gasteiger partial charge < -0.3 is 23.9 Å². The lowest BCUT2D eigenvalue weighted by Gasteiger charge is -2.08. The number of nitrogens with zero attached hydrogens (tertiary/aromatic N) is 23. The maximum atomic E-state index is 12.6. The minimum atomic E-state index is -3.34. The van der Waals surface area contributed by atoms with Crippen molar-refractivity contribution in [2.45, 2.75) is 153 Å². The van der Waals surface area contributed by atoms with Crippen LogP contribution in [0.4, 0.5) is 0 Å². The van der Waals surface area contributed by atoms with Crippen LogP contribution in [-0.2, 0) is 212 Å². The summed E-state index contributed by atoms with van der Waals surface area (Å²) >= 11 is 0. The Balaban J connectivity index is 0.000000362. The van der Waals surface area contributed by atoms with Crippen molar-refractivity contribution in [3.63, 3.8) is 0 Å². The molecule has 40 nitrogen and oxygen atoms in total. The molecule has 662 valence electrons. The Kier molecular flexibility index (Phi) is 40.3. The Morgan fingerprint density at radius 1 is 0.412 bits per heavy atom. The third-order valence-corrected chi connectivity index (χ3v) is 19.1. The molecular weight excluding hydrogens is 1620 g/mol. The van der Waals surface area contributed by atoms with Crippen molar-refractivity contribution in [2.24, 2.45) is 84.6 Å². The lowest BCUT2D eigenvalue weighted by molar-refractivity contribution is 0.296. The van der Waals surface area contributed by atoms with Gasteiger partial charge in [-0.1, -0.05) is 62.8 Å². The van der Waals surface area contributed by atoms with Crippen molar-refractivity contribution >= 4 is 73.5 Å². The highest BCUT2D eigenvalue weighted by molar-refractivity contribution is 8.13.